The molecule has 3 fully saturated rings. The quantitative estimate of drug-likeness (QED) is 0.119. The van der Waals surface area contributed by atoms with Crippen molar-refractivity contribution in [1.29, 1.82) is 0 Å². The lowest BCUT2D eigenvalue weighted by Crippen LogP contribution is -2.73. The Morgan fingerprint density at radius 1 is 1.34 bits per heavy atom. The fraction of sp³-hybridized carbons (Fsp3) is 0.409. The average molecular weight is 546 g/mol. The highest BCUT2D eigenvalue weighted by molar-refractivity contribution is 7.13. The Labute approximate surface area is 218 Å². The molecular formula is C22H23N7O8S. The van der Waals surface area contributed by atoms with Crippen LogP contribution in [0, 0.1) is 0 Å². The van der Waals surface area contributed by atoms with Gasteiger partial charge in [0.25, 0.3) is 17.7 Å². The number of aromatic nitrogens is 1. The normalized spacial score (nSPS) is 24.2. The minimum absolute atomic E-state index is 0.0412. The largest absolute Gasteiger partial charge is 0.489 e. The first-order valence-corrected chi connectivity index (χ1v) is 12.5. The zero-order valence-electron chi connectivity index (χ0n) is 19.8. The number of oxime groups is 1. The Kier molecular flexibility index (Phi) is 6.48. The lowest BCUT2D eigenvalue weighted by Gasteiger charge is -2.49. The number of ether oxygens (including phenoxy) is 1. The molecule has 4 aliphatic rings. The number of aliphatic carboxylic acids is 1. The number of anilines is 1. The minimum Gasteiger partial charge on any atom is -0.489 e. The molecule has 3 aliphatic heterocycles. The van der Waals surface area contributed by atoms with Gasteiger partial charge in [0.05, 0.1) is 0 Å². The maximum absolute atomic E-state index is 13.0. The molecule has 1 saturated carbocycles. The van der Waals surface area contributed by atoms with Crippen LogP contribution in [0.1, 0.15) is 25.0 Å². The fourth-order valence-corrected chi connectivity index (χ4v) is 5.01. The first kappa shape index (κ1) is 25.2. The number of allylic oxidation sites excluding steroid dienone is 1. The third kappa shape index (κ3) is 4.65. The number of β-lactam (4-membered cyclic amide) rings is 1. The first-order chi connectivity index (χ1) is 18.2. The zero-order chi connectivity index (χ0) is 27.1. The van der Waals surface area contributed by atoms with Gasteiger partial charge in [-0.2, -0.15) is 0 Å². The van der Waals surface area contributed by atoms with E-state index in [1.54, 1.807) is 4.90 Å². The van der Waals surface area contributed by atoms with E-state index in [0.29, 0.717) is 18.5 Å². The number of amides is 4. The molecule has 0 aromatic carbocycles. The number of nitrogens with two attached hydrogens (primary N) is 2. The number of carbonyl (C=O) groups is 5. The van der Waals surface area contributed by atoms with Gasteiger partial charge in [-0.15, -0.1) is 11.3 Å². The number of nitrogens with zero attached hydrogens (tertiary/aromatic N) is 4. The number of carboxylic acids is 1. The molecule has 15 nitrogen and oxygen atoms in total. The maximum atomic E-state index is 13.0. The van der Waals surface area contributed by atoms with Crippen molar-refractivity contribution in [2.75, 3.05) is 25.5 Å². The Bertz CT molecular complexity index is 1330. The molecule has 1 aromatic rings. The SMILES string of the molecule is NC(=O)CO/N=C(\C(=O)N[C@@H]1C(=O)N2C(C(=O)O)=C(/C=C3\CCN(C4CC4)C3=O)OC[C@H]12)c1csc(N)n1. The van der Waals surface area contributed by atoms with E-state index in [0.717, 1.165) is 29.1 Å². The molecule has 38 heavy (non-hydrogen) atoms. The Balaban J connectivity index is 1.34. The third-order valence-corrected chi connectivity index (χ3v) is 7.06. The van der Waals surface area contributed by atoms with Gasteiger partial charge in [0.2, 0.25) is 5.91 Å². The van der Waals surface area contributed by atoms with Gasteiger partial charge in [-0.1, -0.05) is 5.16 Å². The summed E-state index contributed by atoms with van der Waals surface area (Å²) >= 11 is 1.03. The summed E-state index contributed by atoms with van der Waals surface area (Å²) in [4.78, 5) is 73.3. The second-order valence-electron chi connectivity index (χ2n) is 8.96. The topological polar surface area (TPSA) is 220 Å². The van der Waals surface area contributed by atoms with Crippen molar-refractivity contribution in [3.63, 3.8) is 0 Å². The van der Waals surface area contributed by atoms with Crippen molar-refractivity contribution in [3.05, 3.63) is 34.2 Å². The molecule has 2 saturated heterocycles. The summed E-state index contributed by atoms with van der Waals surface area (Å²) in [6, 6.07) is -1.73. The van der Waals surface area contributed by atoms with Crippen LogP contribution in [0.2, 0.25) is 0 Å². The van der Waals surface area contributed by atoms with Crippen molar-refractivity contribution in [1.82, 2.24) is 20.1 Å². The summed E-state index contributed by atoms with van der Waals surface area (Å²) in [7, 11) is 0. The molecule has 0 radical (unpaired) electrons. The monoisotopic (exact) mass is 545 g/mol. The van der Waals surface area contributed by atoms with Crippen LogP contribution < -0.4 is 16.8 Å². The molecule has 1 aromatic heterocycles. The zero-order valence-corrected chi connectivity index (χ0v) is 20.6. The van der Waals surface area contributed by atoms with Crippen LogP contribution in [0.25, 0.3) is 0 Å². The summed E-state index contributed by atoms with van der Waals surface area (Å²) in [6.07, 6.45) is 3.74. The van der Waals surface area contributed by atoms with E-state index < -0.39 is 48.1 Å². The number of nitrogen functional groups attached to an aromatic ring is 1. The van der Waals surface area contributed by atoms with Crippen LogP contribution in [-0.2, 0) is 33.5 Å². The number of fused-ring (bicyclic) bond motifs is 1. The molecule has 4 amide bonds. The molecular weight excluding hydrogens is 522 g/mol. The highest BCUT2D eigenvalue weighted by Gasteiger charge is 2.55. The number of rotatable bonds is 9. The number of hydrogen-bond donors (Lipinski definition) is 4. The third-order valence-electron chi connectivity index (χ3n) is 6.39. The Morgan fingerprint density at radius 3 is 2.74 bits per heavy atom. The van der Waals surface area contributed by atoms with E-state index in [4.69, 9.17) is 21.0 Å². The predicted molar refractivity (Wildman–Crippen MR) is 129 cm³/mol. The molecule has 1 aliphatic carbocycles. The van der Waals surface area contributed by atoms with Gasteiger partial charge in [-0.25, -0.2) is 9.78 Å². The van der Waals surface area contributed by atoms with Gasteiger partial charge < -0.3 is 36.4 Å². The van der Waals surface area contributed by atoms with Crippen molar-refractivity contribution in [2.45, 2.75) is 37.4 Å². The standard InChI is InChI=1S/C22H23N7O8S/c23-14(30)7-37-27-15(11-8-38-22(24)25-11)18(31)26-16-12-6-36-13(17(21(34)35)29(12)20(16)33)5-9-3-4-28(19(9)32)10-1-2-10/h5,8,10,12,16H,1-4,6-7H2,(H2,23,30)(H2,24,25)(H,26,31)(H,34,35)/b9-5+,27-15-/t12-,16+/m1/s1. The van der Waals surface area contributed by atoms with Crippen LogP contribution in [0.4, 0.5) is 5.13 Å². The van der Waals surface area contributed by atoms with E-state index in [1.807, 2.05) is 0 Å². The molecule has 0 unspecified atom stereocenters. The van der Waals surface area contributed by atoms with E-state index in [1.165, 1.54) is 11.5 Å². The van der Waals surface area contributed by atoms with Crippen molar-refractivity contribution >= 4 is 51.8 Å². The van der Waals surface area contributed by atoms with Crippen LogP contribution in [-0.4, -0.2) is 93.1 Å². The molecule has 16 heteroatoms. The Morgan fingerprint density at radius 2 is 2.11 bits per heavy atom. The number of carboxylic acid groups (broad SMARTS) is 1. The van der Waals surface area contributed by atoms with Gasteiger partial charge in [-0.3, -0.25) is 24.1 Å². The van der Waals surface area contributed by atoms with Crippen LogP contribution in [0.3, 0.4) is 0 Å². The lowest BCUT2D eigenvalue weighted by molar-refractivity contribution is -0.159. The molecule has 0 bridgehead atoms. The highest BCUT2D eigenvalue weighted by atomic mass is 32.1. The lowest BCUT2D eigenvalue weighted by atomic mass is 9.92. The highest BCUT2D eigenvalue weighted by Crippen LogP contribution is 2.36. The van der Waals surface area contributed by atoms with Gasteiger partial charge in [-0.05, 0) is 25.3 Å². The van der Waals surface area contributed by atoms with Crippen LogP contribution in [0.15, 0.2) is 33.6 Å². The van der Waals surface area contributed by atoms with Gasteiger partial charge >= 0.3 is 5.97 Å². The molecule has 4 heterocycles. The Hall–Kier alpha value is -4.47. The average Bonchev–Trinajstić information content (AvgIpc) is 3.52. The smallest absolute Gasteiger partial charge is 0.356 e. The maximum Gasteiger partial charge on any atom is 0.356 e. The predicted octanol–water partition coefficient (Wildman–Crippen LogP) is -1.73. The number of carbonyl (C=O) groups excluding carboxylic acids is 4. The molecule has 0 spiro atoms. The molecule has 5 rings (SSSR count). The second-order valence-corrected chi connectivity index (χ2v) is 9.85. The number of thiazole rings is 1. The van der Waals surface area contributed by atoms with Gasteiger partial charge in [0, 0.05) is 23.5 Å². The van der Waals surface area contributed by atoms with Gasteiger partial charge in [0.15, 0.2) is 28.9 Å². The summed E-state index contributed by atoms with van der Waals surface area (Å²) in [5.41, 5.74) is 10.3. The molecule has 6 N–H and O–H groups in total. The summed E-state index contributed by atoms with van der Waals surface area (Å²) in [5.74, 6) is -4.05. The van der Waals surface area contributed by atoms with E-state index >= 15 is 0 Å². The second kappa shape index (κ2) is 9.77. The summed E-state index contributed by atoms with van der Waals surface area (Å²) < 4.78 is 5.68. The summed E-state index contributed by atoms with van der Waals surface area (Å²) in [5, 5.41) is 17.5. The number of nitrogens with one attached hydrogen (secondary N) is 1. The van der Waals surface area contributed by atoms with E-state index in [9.17, 15) is 29.1 Å². The van der Waals surface area contributed by atoms with Gasteiger partial charge in [0.1, 0.15) is 24.4 Å². The summed E-state index contributed by atoms with van der Waals surface area (Å²) in [6.45, 7) is -0.168. The van der Waals surface area contributed by atoms with Crippen molar-refractivity contribution in [3.8, 4) is 0 Å². The molecule has 200 valence electrons. The number of primary amides is 1. The van der Waals surface area contributed by atoms with E-state index in [-0.39, 0.29) is 40.9 Å². The van der Waals surface area contributed by atoms with Crippen molar-refractivity contribution < 1.29 is 38.7 Å². The first-order valence-electron chi connectivity index (χ1n) is 11.6. The van der Waals surface area contributed by atoms with Crippen LogP contribution in [0.5, 0.6) is 0 Å². The minimum atomic E-state index is -1.41. The number of likely N-dealkylation sites (tertiary alicyclic amines) is 1. The fourth-order valence-electron chi connectivity index (χ4n) is 4.46. The van der Waals surface area contributed by atoms with Crippen LogP contribution >= 0.6 is 11.3 Å². The number of hydrogen-bond acceptors (Lipinski definition) is 11. The molecule has 2 atom stereocenters. The van der Waals surface area contributed by atoms with E-state index in [2.05, 4.69) is 15.5 Å². The van der Waals surface area contributed by atoms with Crippen molar-refractivity contribution in [2.24, 2.45) is 10.9 Å².